The molecule has 114 valence electrons. The number of nitrogens with two attached hydrogens (primary N) is 1. The lowest BCUT2D eigenvalue weighted by molar-refractivity contribution is -0.0259. The van der Waals surface area contributed by atoms with Crippen molar-refractivity contribution in [2.24, 2.45) is 5.73 Å². The Morgan fingerprint density at radius 3 is 3.05 bits per heavy atom. The highest BCUT2D eigenvalue weighted by molar-refractivity contribution is 9.10. The van der Waals surface area contributed by atoms with E-state index in [-0.39, 0.29) is 18.5 Å². The summed E-state index contributed by atoms with van der Waals surface area (Å²) in [5.74, 6) is 0. The summed E-state index contributed by atoms with van der Waals surface area (Å²) >= 11 is 3.59. The van der Waals surface area contributed by atoms with Crippen molar-refractivity contribution >= 4 is 39.2 Å². The third kappa shape index (κ3) is 3.73. The Bertz CT molecular complexity index is 610. The Kier molecular flexibility index (Phi) is 5.96. The second kappa shape index (κ2) is 7.51. The van der Waals surface area contributed by atoms with Gasteiger partial charge in [0.1, 0.15) is 0 Å². The van der Waals surface area contributed by atoms with E-state index in [1.807, 2.05) is 12.3 Å². The standard InChI is InChI=1S/C15H18BrN3O.ClH/c16-14-4-3-11(15-13(14)2-1-5-18-15)9-19-6-7-20-12(8-17)10-19;/h1-5,12H,6-10,17H2;1H. The fourth-order valence-corrected chi connectivity index (χ4v) is 3.08. The van der Waals surface area contributed by atoms with Crippen LogP contribution < -0.4 is 5.73 Å². The van der Waals surface area contributed by atoms with E-state index in [2.05, 4.69) is 44.0 Å². The molecule has 0 amide bonds. The first kappa shape index (κ1) is 16.6. The maximum Gasteiger partial charge on any atom is 0.0824 e. The molecule has 1 saturated heterocycles. The van der Waals surface area contributed by atoms with E-state index in [0.717, 1.165) is 41.6 Å². The first-order valence-electron chi connectivity index (χ1n) is 6.84. The maximum atomic E-state index is 5.70. The van der Waals surface area contributed by atoms with Crippen LogP contribution in [-0.2, 0) is 11.3 Å². The average molecular weight is 373 g/mol. The van der Waals surface area contributed by atoms with Gasteiger partial charge in [0.15, 0.2) is 0 Å². The van der Waals surface area contributed by atoms with Crippen LogP contribution >= 0.6 is 28.3 Å². The molecule has 0 saturated carbocycles. The zero-order valence-corrected chi connectivity index (χ0v) is 14.1. The van der Waals surface area contributed by atoms with Crippen LogP contribution in [0.3, 0.4) is 0 Å². The van der Waals surface area contributed by atoms with E-state index >= 15 is 0 Å². The van der Waals surface area contributed by atoms with Gasteiger partial charge >= 0.3 is 0 Å². The number of morpholine rings is 1. The predicted octanol–water partition coefficient (Wildman–Crippen LogP) is 2.58. The highest BCUT2D eigenvalue weighted by Gasteiger charge is 2.20. The summed E-state index contributed by atoms with van der Waals surface area (Å²) in [5, 5.41) is 1.16. The van der Waals surface area contributed by atoms with Gasteiger partial charge in [0.2, 0.25) is 0 Å². The van der Waals surface area contributed by atoms with E-state index in [9.17, 15) is 0 Å². The first-order chi connectivity index (χ1) is 9.78. The van der Waals surface area contributed by atoms with Crippen LogP contribution in [0.25, 0.3) is 10.9 Å². The summed E-state index contributed by atoms with van der Waals surface area (Å²) in [7, 11) is 0. The van der Waals surface area contributed by atoms with Crippen molar-refractivity contribution in [2.75, 3.05) is 26.2 Å². The topological polar surface area (TPSA) is 51.4 Å². The highest BCUT2D eigenvalue weighted by atomic mass is 79.9. The third-order valence-corrected chi connectivity index (χ3v) is 4.37. The van der Waals surface area contributed by atoms with E-state index < -0.39 is 0 Å². The highest BCUT2D eigenvalue weighted by Crippen LogP contribution is 2.26. The quantitative estimate of drug-likeness (QED) is 0.900. The lowest BCUT2D eigenvalue weighted by Crippen LogP contribution is -2.45. The van der Waals surface area contributed by atoms with Crippen LogP contribution in [-0.4, -0.2) is 42.2 Å². The molecule has 21 heavy (non-hydrogen) atoms. The number of ether oxygens (including phenoxy) is 1. The zero-order chi connectivity index (χ0) is 13.9. The molecule has 0 bridgehead atoms. The average Bonchev–Trinajstić information content (AvgIpc) is 2.51. The summed E-state index contributed by atoms with van der Waals surface area (Å²) < 4.78 is 6.70. The number of hydrogen-bond donors (Lipinski definition) is 1. The van der Waals surface area contributed by atoms with Crippen LogP contribution in [0.2, 0.25) is 0 Å². The van der Waals surface area contributed by atoms with Crippen LogP contribution in [0.4, 0.5) is 0 Å². The molecule has 1 atom stereocenters. The smallest absolute Gasteiger partial charge is 0.0824 e. The minimum Gasteiger partial charge on any atom is -0.374 e. The van der Waals surface area contributed by atoms with Gasteiger partial charge in [0.25, 0.3) is 0 Å². The first-order valence-corrected chi connectivity index (χ1v) is 7.63. The summed E-state index contributed by atoms with van der Waals surface area (Å²) in [6.45, 7) is 4.06. The van der Waals surface area contributed by atoms with Gasteiger partial charge in [-0.25, -0.2) is 0 Å². The minimum absolute atomic E-state index is 0. The molecule has 2 aromatic rings. The number of pyridine rings is 1. The monoisotopic (exact) mass is 371 g/mol. The van der Waals surface area contributed by atoms with Crippen molar-refractivity contribution < 1.29 is 4.74 Å². The van der Waals surface area contributed by atoms with Crippen molar-refractivity contribution in [2.45, 2.75) is 12.6 Å². The zero-order valence-electron chi connectivity index (χ0n) is 11.7. The molecule has 0 aliphatic carbocycles. The fraction of sp³-hybridized carbons (Fsp3) is 0.400. The molecule has 4 nitrogen and oxygen atoms in total. The van der Waals surface area contributed by atoms with Gasteiger partial charge in [-0.05, 0) is 17.7 Å². The maximum absolute atomic E-state index is 5.70. The Labute approximate surface area is 139 Å². The van der Waals surface area contributed by atoms with Gasteiger partial charge in [-0.15, -0.1) is 12.4 Å². The van der Waals surface area contributed by atoms with Crippen LogP contribution in [0.15, 0.2) is 34.9 Å². The molecule has 2 N–H and O–H groups in total. The molecule has 6 heteroatoms. The Hall–Kier alpha value is -0.720. The van der Waals surface area contributed by atoms with Crippen molar-refractivity contribution in [3.63, 3.8) is 0 Å². The lowest BCUT2D eigenvalue weighted by atomic mass is 10.1. The number of benzene rings is 1. The predicted molar refractivity (Wildman–Crippen MR) is 90.8 cm³/mol. The summed E-state index contributed by atoms with van der Waals surface area (Å²) in [6.07, 6.45) is 2.00. The molecule has 2 heterocycles. The van der Waals surface area contributed by atoms with Crippen molar-refractivity contribution in [1.29, 1.82) is 0 Å². The van der Waals surface area contributed by atoms with Gasteiger partial charge in [-0.2, -0.15) is 0 Å². The van der Waals surface area contributed by atoms with Crippen LogP contribution in [0, 0.1) is 0 Å². The number of aromatic nitrogens is 1. The molecule has 3 rings (SSSR count). The van der Waals surface area contributed by atoms with Crippen molar-refractivity contribution in [3.05, 3.63) is 40.5 Å². The van der Waals surface area contributed by atoms with Crippen molar-refractivity contribution in [1.82, 2.24) is 9.88 Å². The van der Waals surface area contributed by atoms with Gasteiger partial charge in [0, 0.05) is 42.2 Å². The van der Waals surface area contributed by atoms with Crippen LogP contribution in [0.1, 0.15) is 5.56 Å². The molecule has 0 radical (unpaired) electrons. The SMILES string of the molecule is Cl.NCC1CN(Cc2ccc(Br)c3cccnc23)CCO1. The number of nitrogens with zero attached hydrogens (tertiary/aromatic N) is 2. The van der Waals surface area contributed by atoms with E-state index in [1.54, 1.807) is 0 Å². The molecule has 1 aliphatic rings. The number of halogens is 2. The number of hydrogen-bond acceptors (Lipinski definition) is 4. The Morgan fingerprint density at radius 2 is 2.24 bits per heavy atom. The molecule has 1 aromatic carbocycles. The molecule has 1 fully saturated rings. The number of fused-ring (bicyclic) bond motifs is 1. The second-order valence-corrected chi connectivity index (χ2v) is 5.92. The van der Waals surface area contributed by atoms with Gasteiger partial charge in [0.05, 0.1) is 18.2 Å². The largest absolute Gasteiger partial charge is 0.374 e. The minimum atomic E-state index is 0. The molecule has 1 aromatic heterocycles. The second-order valence-electron chi connectivity index (χ2n) is 5.07. The van der Waals surface area contributed by atoms with Crippen molar-refractivity contribution in [3.8, 4) is 0 Å². The third-order valence-electron chi connectivity index (χ3n) is 3.68. The molecular weight excluding hydrogens is 354 g/mol. The van der Waals surface area contributed by atoms with Gasteiger partial charge < -0.3 is 10.5 Å². The molecular formula is C15H19BrClN3O. The summed E-state index contributed by atoms with van der Waals surface area (Å²) in [5.41, 5.74) is 8.02. The molecule has 0 spiro atoms. The molecule has 1 aliphatic heterocycles. The summed E-state index contributed by atoms with van der Waals surface area (Å²) in [4.78, 5) is 6.92. The number of rotatable bonds is 3. The normalized spacial score (nSPS) is 19.4. The summed E-state index contributed by atoms with van der Waals surface area (Å²) in [6, 6.07) is 8.31. The van der Waals surface area contributed by atoms with Gasteiger partial charge in [-0.1, -0.05) is 28.1 Å². The van der Waals surface area contributed by atoms with E-state index in [0.29, 0.717) is 6.54 Å². The van der Waals surface area contributed by atoms with Gasteiger partial charge in [-0.3, -0.25) is 9.88 Å². The molecule has 1 unspecified atom stereocenters. The fourth-order valence-electron chi connectivity index (χ4n) is 2.63. The van der Waals surface area contributed by atoms with E-state index in [4.69, 9.17) is 10.5 Å². The van der Waals surface area contributed by atoms with E-state index in [1.165, 1.54) is 5.56 Å². The van der Waals surface area contributed by atoms with Crippen LogP contribution in [0.5, 0.6) is 0 Å². The Morgan fingerprint density at radius 1 is 1.38 bits per heavy atom. The lowest BCUT2D eigenvalue weighted by Gasteiger charge is -2.32. The Balaban J connectivity index is 0.00000161.